The molecular weight excluding hydrogens is 420 g/mol. The lowest BCUT2D eigenvalue weighted by atomic mass is 10.0. The Morgan fingerprint density at radius 1 is 1.34 bits per heavy atom. The van der Waals surface area contributed by atoms with E-state index in [-0.39, 0.29) is 51.5 Å². The van der Waals surface area contributed by atoms with Gasteiger partial charge in [-0.3, -0.25) is 9.59 Å². The summed E-state index contributed by atoms with van der Waals surface area (Å²) in [5.74, 6) is -0.923. The van der Waals surface area contributed by atoms with Gasteiger partial charge in [0.05, 0.1) is 6.61 Å². The fourth-order valence-corrected chi connectivity index (χ4v) is 3.18. The van der Waals surface area contributed by atoms with E-state index >= 15 is 0 Å². The topological polar surface area (TPSA) is 146 Å². The van der Waals surface area contributed by atoms with E-state index in [0.717, 1.165) is 0 Å². The highest BCUT2D eigenvalue weighted by atomic mass is 16.7. The van der Waals surface area contributed by atoms with Crippen molar-refractivity contribution in [3.8, 4) is 5.75 Å². The van der Waals surface area contributed by atoms with Crippen molar-refractivity contribution in [3.05, 3.63) is 42.0 Å². The van der Waals surface area contributed by atoms with Crippen LogP contribution in [-0.2, 0) is 41.7 Å². The summed E-state index contributed by atoms with van der Waals surface area (Å²) in [5.41, 5.74) is 6.63. The number of hydrogen-bond donors (Lipinski definition) is 3. The van der Waals surface area contributed by atoms with Crippen molar-refractivity contribution < 1.29 is 38.4 Å². The Hall–Kier alpha value is -2.95. The second-order valence-corrected chi connectivity index (χ2v) is 7.21. The van der Waals surface area contributed by atoms with Gasteiger partial charge in [0.2, 0.25) is 12.2 Å². The summed E-state index contributed by atoms with van der Waals surface area (Å²) < 4.78 is 22.1. The minimum absolute atomic E-state index is 0.0255. The van der Waals surface area contributed by atoms with E-state index in [2.05, 4.69) is 11.9 Å². The molecule has 2 rings (SSSR count). The standard InChI is InChI=1S/C22H30N2O8/c1-3-8-29-22(28)19-10-17(30-14(2)26)11-21(32-19)31-18-5-4-15(13-25)9-16(18)12-24-20(27)6-7-23/h3-5,9,17,19,21,25H,1,6-8,10-13,23H2,2H3,(H,24,27)/t17-,19-,21+/m0/s1. The minimum Gasteiger partial charge on any atom is -0.464 e. The van der Waals surface area contributed by atoms with Gasteiger partial charge in [0.15, 0.2) is 6.10 Å². The first-order chi connectivity index (χ1) is 15.4. The van der Waals surface area contributed by atoms with Crippen LogP contribution in [-0.4, -0.2) is 54.6 Å². The molecular formula is C22H30N2O8. The first kappa shape index (κ1) is 25.3. The van der Waals surface area contributed by atoms with Gasteiger partial charge in [-0.05, 0) is 17.7 Å². The molecule has 0 bridgehead atoms. The number of benzene rings is 1. The number of hydrogen-bond acceptors (Lipinski definition) is 9. The van der Waals surface area contributed by atoms with Crippen molar-refractivity contribution in [2.45, 2.75) is 57.8 Å². The second-order valence-electron chi connectivity index (χ2n) is 7.21. The minimum atomic E-state index is -0.984. The molecule has 0 saturated carbocycles. The van der Waals surface area contributed by atoms with Crippen molar-refractivity contribution >= 4 is 17.8 Å². The van der Waals surface area contributed by atoms with Crippen LogP contribution in [0.25, 0.3) is 0 Å². The van der Waals surface area contributed by atoms with E-state index in [1.807, 2.05) is 0 Å². The lowest BCUT2D eigenvalue weighted by molar-refractivity contribution is -0.205. The number of nitrogens with one attached hydrogen (secondary N) is 1. The molecule has 0 radical (unpaired) electrons. The monoisotopic (exact) mass is 450 g/mol. The Labute approximate surface area is 186 Å². The van der Waals surface area contributed by atoms with Gasteiger partial charge in [0, 0.05) is 44.8 Å². The molecule has 1 saturated heterocycles. The van der Waals surface area contributed by atoms with Crippen LogP contribution in [0, 0.1) is 0 Å². The highest BCUT2D eigenvalue weighted by Crippen LogP contribution is 2.28. The Bertz CT molecular complexity index is 813. The molecule has 4 N–H and O–H groups in total. The van der Waals surface area contributed by atoms with E-state index in [1.165, 1.54) is 13.0 Å². The molecule has 1 aliphatic heterocycles. The third-order valence-corrected chi connectivity index (χ3v) is 4.60. The molecule has 1 fully saturated rings. The number of carbonyl (C=O) groups excluding carboxylic acids is 3. The van der Waals surface area contributed by atoms with Gasteiger partial charge >= 0.3 is 11.9 Å². The van der Waals surface area contributed by atoms with Crippen molar-refractivity contribution in [1.82, 2.24) is 5.32 Å². The number of carbonyl (C=O) groups is 3. The van der Waals surface area contributed by atoms with Crippen LogP contribution >= 0.6 is 0 Å². The first-order valence-corrected chi connectivity index (χ1v) is 10.3. The third kappa shape index (κ3) is 7.95. The zero-order valence-corrected chi connectivity index (χ0v) is 18.1. The normalized spacial score (nSPS) is 20.2. The smallest absolute Gasteiger partial charge is 0.335 e. The molecule has 10 nitrogen and oxygen atoms in total. The predicted octanol–water partition coefficient (Wildman–Crippen LogP) is 0.689. The summed E-state index contributed by atoms with van der Waals surface area (Å²) in [4.78, 5) is 35.6. The number of aliphatic hydroxyl groups excluding tert-OH is 1. The summed E-state index contributed by atoms with van der Waals surface area (Å²) in [5, 5.41) is 12.2. The molecule has 1 amide bonds. The molecule has 0 aromatic heterocycles. The number of nitrogens with two attached hydrogens (primary N) is 1. The van der Waals surface area contributed by atoms with E-state index in [9.17, 15) is 19.5 Å². The van der Waals surface area contributed by atoms with Crippen molar-refractivity contribution in [1.29, 1.82) is 0 Å². The average Bonchev–Trinajstić information content (AvgIpc) is 2.76. The molecule has 0 spiro atoms. The van der Waals surface area contributed by atoms with Crippen LogP contribution < -0.4 is 15.8 Å². The fourth-order valence-electron chi connectivity index (χ4n) is 3.18. The van der Waals surface area contributed by atoms with Crippen LogP contribution in [0.3, 0.4) is 0 Å². The number of amides is 1. The van der Waals surface area contributed by atoms with Crippen molar-refractivity contribution in [3.63, 3.8) is 0 Å². The summed E-state index contributed by atoms with van der Waals surface area (Å²) in [6, 6.07) is 5.00. The molecule has 3 atom stereocenters. The van der Waals surface area contributed by atoms with Crippen molar-refractivity contribution in [2.75, 3.05) is 13.2 Å². The van der Waals surface area contributed by atoms with Gasteiger partial charge in [0.25, 0.3) is 0 Å². The van der Waals surface area contributed by atoms with Crippen molar-refractivity contribution in [2.24, 2.45) is 5.73 Å². The molecule has 1 aromatic rings. The molecule has 32 heavy (non-hydrogen) atoms. The Morgan fingerprint density at radius 2 is 2.12 bits per heavy atom. The van der Waals surface area contributed by atoms with Crippen LogP contribution in [0.2, 0.25) is 0 Å². The zero-order valence-electron chi connectivity index (χ0n) is 18.1. The highest BCUT2D eigenvalue weighted by molar-refractivity contribution is 5.76. The Kier molecular flexibility index (Phi) is 10.1. The second kappa shape index (κ2) is 12.8. The largest absolute Gasteiger partial charge is 0.464 e. The van der Waals surface area contributed by atoms with Gasteiger partial charge in [-0.1, -0.05) is 18.7 Å². The van der Waals surface area contributed by atoms with Crippen LogP contribution in [0.5, 0.6) is 5.75 Å². The van der Waals surface area contributed by atoms with Gasteiger partial charge in [0.1, 0.15) is 18.5 Å². The van der Waals surface area contributed by atoms with E-state index in [1.54, 1.807) is 18.2 Å². The summed E-state index contributed by atoms with van der Waals surface area (Å²) in [6.45, 7) is 5.00. The predicted molar refractivity (Wildman–Crippen MR) is 113 cm³/mol. The van der Waals surface area contributed by atoms with Gasteiger partial charge in [-0.2, -0.15) is 0 Å². The number of esters is 2. The number of ether oxygens (including phenoxy) is 4. The van der Waals surface area contributed by atoms with Crippen LogP contribution in [0.1, 0.15) is 37.3 Å². The summed E-state index contributed by atoms with van der Waals surface area (Å²) >= 11 is 0. The average molecular weight is 450 g/mol. The SMILES string of the molecule is C=CCOC(=O)[C@@H]1C[C@H](OC(C)=O)C[C@H](Oc2ccc(CO)cc2CNC(=O)CCN)O1. The number of aliphatic hydroxyl groups is 1. The van der Waals surface area contributed by atoms with Gasteiger partial charge in [-0.25, -0.2) is 4.79 Å². The molecule has 10 heteroatoms. The molecule has 0 aliphatic carbocycles. The van der Waals surface area contributed by atoms with E-state index in [4.69, 9.17) is 24.7 Å². The van der Waals surface area contributed by atoms with Gasteiger partial charge < -0.3 is 35.1 Å². The highest BCUT2D eigenvalue weighted by Gasteiger charge is 2.37. The molecule has 1 aliphatic rings. The quantitative estimate of drug-likeness (QED) is 0.327. The molecule has 176 valence electrons. The molecule has 0 unspecified atom stereocenters. The van der Waals surface area contributed by atoms with Gasteiger partial charge in [-0.15, -0.1) is 0 Å². The summed E-state index contributed by atoms with van der Waals surface area (Å²) in [7, 11) is 0. The molecule has 1 aromatic carbocycles. The fraction of sp³-hybridized carbons (Fsp3) is 0.500. The van der Waals surface area contributed by atoms with Crippen LogP contribution in [0.15, 0.2) is 30.9 Å². The zero-order chi connectivity index (χ0) is 23.5. The first-order valence-electron chi connectivity index (χ1n) is 10.3. The van der Waals surface area contributed by atoms with Crippen LogP contribution in [0.4, 0.5) is 0 Å². The number of rotatable bonds is 11. The maximum absolute atomic E-state index is 12.3. The molecule has 1 heterocycles. The Balaban J connectivity index is 2.17. The summed E-state index contributed by atoms with van der Waals surface area (Å²) in [6.07, 6.45) is -0.536. The van der Waals surface area contributed by atoms with E-state index < -0.39 is 30.4 Å². The third-order valence-electron chi connectivity index (χ3n) is 4.60. The Morgan fingerprint density at radius 3 is 2.78 bits per heavy atom. The lowest BCUT2D eigenvalue weighted by Crippen LogP contribution is -2.44. The lowest BCUT2D eigenvalue weighted by Gasteiger charge is -2.34. The maximum Gasteiger partial charge on any atom is 0.335 e. The maximum atomic E-state index is 12.3. The van der Waals surface area contributed by atoms with E-state index in [0.29, 0.717) is 16.9 Å².